The van der Waals surface area contributed by atoms with Gasteiger partial charge in [0.05, 0.1) is 11.4 Å². The number of amides is 2. The molecular formula is C15H16N2O2S2. The van der Waals surface area contributed by atoms with Gasteiger partial charge in [0.15, 0.2) is 0 Å². The second-order valence-corrected chi connectivity index (χ2v) is 6.91. The van der Waals surface area contributed by atoms with Gasteiger partial charge in [-0.05, 0) is 35.7 Å². The number of nitrogens with zero attached hydrogens (tertiary/aromatic N) is 1. The molecule has 1 saturated heterocycles. The van der Waals surface area contributed by atoms with Gasteiger partial charge >= 0.3 is 0 Å². The third-order valence-corrected chi connectivity index (χ3v) is 5.30. The van der Waals surface area contributed by atoms with Gasteiger partial charge in [0.1, 0.15) is 6.04 Å². The number of hydrogen-bond acceptors (Lipinski definition) is 4. The van der Waals surface area contributed by atoms with Crippen molar-refractivity contribution in [3.63, 3.8) is 0 Å². The third kappa shape index (κ3) is 3.16. The van der Waals surface area contributed by atoms with E-state index in [0.717, 1.165) is 17.7 Å². The molecule has 4 nitrogen and oxygen atoms in total. The fourth-order valence-corrected chi connectivity index (χ4v) is 3.85. The van der Waals surface area contributed by atoms with Gasteiger partial charge < -0.3 is 10.2 Å². The van der Waals surface area contributed by atoms with Crippen molar-refractivity contribution in [2.24, 2.45) is 0 Å². The smallest absolute Gasteiger partial charge is 0.264 e. The van der Waals surface area contributed by atoms with Gasteiger partial charge in [0, 0.05) is 11.4 Å². The van der Waals surface area contributed by atoms with Gasteiger partial charge in [-0.3, -0.25) is 9.59 Å². The van der Waals surface area contributed by atoms with E-state index >= 15 is 0 Å². The highest BCUT2D eigenvalue weighted by Crippen LogP contribution is 2.22. The van der Waals surface area contributed by atoms with Crippen LogP contribution in [0.25, 0.3) is 0 Å². The summed E-state index contributed by atoms with van der Waals surface area (Å²) < 4.78 is 0. The Kier molecular flexibility index (Phi) is 4.36. The van der Waals surface area contributed by atoms with Gasteiger partial charge in [-0.2, -0.15) is 0 Å². The first-order chi connectivity index (χ1) is 10.3. The summed E-state index contributed by atoms with van der Waals surface area (Å²) in [5, 5.41) is 6.81. The first kappa shape index (κ1) is 14.3. The molecule has 0 aliphatic carbocycles. The van der Waals surface area contributed by atoms with Crippen molar-refractivity contribution in [2.75, 3.05) is 6.54 Å². The largest absolute Gasteiger partial charge is 0.349 e. The molecule has 2 aromatic heterocycles. The van der Waals surface area contributed by atoms with Crippen molar-refractivity contribution in [3.8, 4) is 0 Å². The van der Waals surface area contributed by atoms with E-state index in [4.69, 9.17) is 0 Å². The van der Waals surface area contributed by atoms with Crippen molar-refractivity contribution in [1.82, 2.24) is 10.2 Å². The average molecular weight is 320 g/mol. The van der Waals surface area contributed by atoms with Crippen LogP contribution in [0.5, 0.6) is 0 Å². The number of rotatable bonds is 4. The molecule has 0 radical (unpaired) electrons. The lowest BCUT2D eigenvalue weighted by Gasteiger charge is -2.23. The molecule has 2 aromatic rings. The Morgan fingerprint density at radius 1 is 1.24 bits per heavy atom. The molecule has 1 aliphatic rings. The third-order valence-electron chi connectivity index (χ3n) is 3.57. The standard InChI is InChI=1S/C15H16N2O2S2/c18-14(16-10-11-4-2-8-20-11)12-5-1-7-17(12)15(19)13-6-3-9-21-13/h2-4,6,8-9,12H,1,5,7,10H2,(H,16,18)/t12-/m1/s1. The molecule has 6 heteroatoms. The number of hydrogen-bond donors (Lipinski definition) is 1. The summed E-state index contributed by atoms with van der Waals surface area (Å²) in [6, 6.07) is 7.30. The Morgan fingerprint density at radius 3 is 2.76 bits per heavy atom. The van der Waals surface area contributed by atoms with E-state index < -0.39 is 0 Å². The van der Waals surface area contributed by atoms with E-state index in [1.165, 1.54) is 11.3 Å². The second kappa shape index (κ2) is 6.41. The molecule has 3 rings (SSSR count). The van der Waals surface area contributed by atoms with Crippen molar-refractivity contribution < 1.29 is 9.59 Å². The first-order valence-corrected chi connectivity index (χ1v) is 8.66. The van der Waals surface area contributed by atoms with E-state index in [1.54, 1.807) is 16.2 Å². The van der Waals surface area contributed by atoms with Crippen LogP contribution in [0.15, 0.2) is 35.0 Å². The molecular weight excluding hydrogens is 304 g/mol. The van der Waals surface area contributed by atoms with Gasteiger partial charge in [-0.1, -0.05) is 12.1 Å². The number of nitrogens with one attached hydrogen (secondary N) is 1. The summed E-state index contributed by atoms with van der Waals surface area (Å²) in [5.41, 5.74) is 0. The van der Waals surface area contributed by atoms with E-state index in [9.17, 15) is 9.59 Å². The highest BCUT2D eigenvalue weighted by atomic mass is 32.1. The molecule has 0 unspecified atom stereocenters. The lowest BCUT2D eigenvalue weighted by molar-refractivity contribution is -0.125. The van der Waals surface area contributed by atoms with Crippen LogP contribution in [0.4, 0.5) is 0 Å². The van der Waals surface area contributed by atoms with Gasteiger partial charge in [-0.15, -0.1) is 22.7 Å². The van der Waals surface area contributed by atoms with Gasteiger partial charge in [-0.25, -0.2) is 0 Å². The molecule has 0 spiro atoms. The van der Waals surface area contributed by atoms with Crippen LogP contribution in [0.2, 0.25) is 0 Å². The van der Waals surface area contributed by atoms with Crippen LogP contribution in [0.3, 0.4) is 0 Å². The van der Waals surface area contributed by atoms with Crippen molar-refractivity contribution >= 4 is 34.5 Å². The summed E-state index contributed by atoms with van der Waals surface area (Å²) in [6.45, 7) is 1.20. The lowest BCUT2D eigenvalue weighted by Crippen LogP contribution is -2.45. The van der Waals surface area contributed by atoms with E-state index in [0.29, 0.717) is 18.0 Å². The summed E-state index contributed by atoms with van der Waals surface area (Å²) >= 11 is 3.04. The molecule has 1 atom stereocenters. The highest BCUT2D eigenvalue weighted by Gasteiger charge is 2.34. The Balaban J connectivity index is 1.63. The predicted molar refractivity (Wildman–Crippen MR) is 84.5 cm³/mol. The molecule has 21 heavy (non-hydrogen) atoms. The maximum absolute atomic E-state index is 12.4. The van der Waals surface area contributed by atoms with E-state index in [-0.39, 0.29) is 17.9 Å². The summed E-state index contributed by atoms with van der Waals surface area (Å²) in [4.78, 5) is 28.3. The molecule has 0 aromatic carbocycles. The zero-order chi connectivity index (χ0) is 14.7. The topological polar surface area (TPSA) is 49.4 Å². The zero-order valence-corrected chi connectivity index (χ0v) is 13.1. The van der Waals surface area contributed by atoms with Crippen LogP contribution >= 0.6 is 22.7 Å². The van der Waals surface area contributed by atoms with Crippen LogP contribution in [0.1, 0.15) is 27.4 Å². The molecule has 2 amide bonds. The molecule has 0 bridgehead atoms. The highest BCUT2D eigenvalue weighted by molar-refractivity contribution is 7.12. The minimum atomic E-state index is -0.334. The quantitative estimate of drug-likeness (QED) is 0.941. The Labute approximate surface area is 131 Å². The second-order valence-electron chi connectivity index (χ2n) is 4.93. The molecule has 0 saturated carbocycles. The molecule has 1 N–H and O–H groups in total. The fraction of sp³-hybridized carbons (Fsp3) is 0.333. The Hall–Kier alpha value is -1.66. The predicted octanol–water partition coefficient (Wildman–Crippen LogP) is 2.73. The maximum atomic E-state index is 12.4. The average Bonchev–Trinajstić information content (AvgIpc) is 3.26. The van der Waals surface area contributed by atoms with Gasteiger partial charge in [0.2, 0.25) is 5.91 Å². The minimum absolute atomic E-state index is 0.0289. The summed E-state index contributed by atoms with van der Waals surface area (Å²) in [5.74, 6) is -0.0791. The van der Waals surface area contributed by atoms with E-state index in [1.807, 2.05) is 35.0 Å². The van der Waals surface area contributed by atoms with Crippen LogP contribution in [-0.4, -0.2) is 29.3 Å². The number of thiophene rings is 2. The van der Waals surface area contributed by atoms with Crippen molar-refractivity contribution in [1.29, 1.82) is 0 Å². The molecule has 110 valence electrons. The molecule has 3 heterocycles. The zero-order valence-electron chi connectivity index (χ0n) is 11.5. The van der Waals surface area contributed by atoms with Crippen molar-refractivity contribution in [2.45, 2.75) is 25.4 Å². The van der Waals surface area contributed by atoms with Gasteiger partial charge in [0.25, 0.3) is 5.91 Å². The van der Waals surface area contributed by atoms with Crippen LogP contribution in [-0.2, 0) is 11.3 Å². The van der Waals surface area contributed by atoms with Crippen LogP contribution in [0, 0.1) is 0 Å². The summed E-state index contributed by atoms with van der Waals surface area (Å²) in [7, 11) is 0. The minimum Gasteiger partial charge on any atom is -0.349 e. The fourth-order valence-electron chi connectivity index (χ4n) is 2.53. The number of likely N-dealkylation sites (tertiary alicyclic amines) is 1. The first-order valence-electron chi connectivity index (χ1n) is 6.90. The van der Waals surface area contributed by atoms with E-state index in [2.05, 4.69) is 5.32 Å². The van der Waals surface area contributed by atoms with Crippen molar-refractivity contribution in [3.05, 3.63) is 44.8 Å². The Bertz CT molecular complexity index is 608. The summed E-state index contributed by atoms with van der Waals surface area (Å²) in [6.07, 6.45) is 1.63. The number of carbonyl (C=O) groups excluding carboxylic acids is 2. The monoisotopic (exact) mass is 320 g/mol. The Morgan fingerprint density at radius 2 is 2.05 bits per heavy atom. The SMILES string of the molecule is O=C(NCc1cccs1)[C@H]1CCCN1C(=O)c1cccs1. The number of carbonyl (C=O) groups is 2. The molecule has 1 aliphatic heterocycles. The molecule has 1 fully saturated rings. The normalized spacial score (nSPS) is 17.9. The lowest BCUT2D eigenvalue weighted by atomic mass is 10.2. The maximum Gasteiger partial charge on any atom is 0.264 e. The van der Waals surface area contributed by atoms with Crippen LogP contribution < -0.4 is 5.32 Å².